The molecule has 0 radical (unpaired) electrons. The summed E-state index contributed by atoms with van der Waals surface area (Å²) in [4.78, 5) is 0. The van der Waals surface area contributed by atoms with Gasteiger partial charge < -0.3 is 0 Å². The van der Waals surface area contributed by atoms with E-state index in [1.54, 1.807) is 0 Å². The highest BCUT2D eigenvalue weighted by Gasteiger charge is 2.41. The summed E-state index contributed by atoms with van der Waals surface area (Å²) in [5, 5.41) is 4.41. The Morgan fingerprint density at radius 2 is 1.57 bits per heavy atom. The number of hydrogen-bond donors (Lipinski definition) is 1. The molecule has 0 bridgehead atoms. The quantitative estimate of drug-likeness (QED) is 0.742. The second-order valence-electron chi connectivity index (χ2n) is 2.58. The van der Waals surface area contributed by atoms with Crippen molar-refractivity contribution in [1.82, 2.24) is 0 Å². The third-order valence-corrected chi connectivity index (χ3v) is 5.68. The van der Waals surface area contributed by atoms with Crippen LogP contribution in [0.5, 0.6) is 0 Å². The van der Waals surface area contributed by atoms with Gasteiger partial charge >= 0.3 is 6.18 Å². The highest BCUT2D eigenvalue weighted by Crippen LogP contribution is 2.20. The summed E-state index contributed by atoms with van der Waals surface area (Å²) in [6.45, 7) is 0.594. The molecule has 0 fully saturated rings. The van der Waals surface area contributed by atoms with Crippen LogP contribution in [0.15, 0.2) is 0 Å². The number of nitrogens with two attached hydrogens (primary N) is 1. The van der Waals surface area contributed by atoms with Gasteiger partial charge in [0, 0.05) is 0 Å². The summed E-state index contributed by atoms with van der Waals surface area (Å²) in [5.74, 6) is -2.20. The second-order valence-corrected chi connectivity index (χ2v) is 7.08. The summed E-state index contributed by atoms with van der Waals surface area (Å²) in [6, 6.07) is 0. The number of rotatable bonds is 3. The minimum atomic E-state index is -4.97. The molecule has 0 aliphatic carbocycles. The minimum Gasteiger partial charge on any atom is -0.228 e. The summed E-state index contributed by atoms with van der Waals surface area (Å²) < 4.78 is 75.4. The Balaban J connectivity index is 5.03. The van der Waals surface area contributed by atoms with Crippen LogP contribution in [0.2, 0.25) is 0 Å². The predicted molar refractivity (Wildman–Crippen MR) is 42.4 cm³/mol. The average Bonchev–Trinajstić information content (AvgIpc) is 1.78. The molecule has 5 nitrogen and oxygen atoms in total. The fourth-order valence-electron chi connectivity index (χ4n) is 0.550. The molecule has 86 valence electrons. The van der Waals surface area contributed by atoms with Crippen molar-refractivity contribution in [3.63, 3.8) is 0 Å². The van der Waals surface area contributed by atoms with Crippen LogP contribution in [-0.4, -0.2) is 33.3 Å². The average molecular weight is 255 g/mol. The molecule has 0 aliphatic rings. The molecule has 0 saturated heterocycles. The molecule has 0 aromatic heterocycles. The highest BCUT2D eigenvalue weighted by atomic mass is 32.3. The number of alkyl halides is 3. The first-order chi connectivity index (χ1) is 5.86. The second kappa shape index (κ2) is 3.66. The molecule has 1 atom stereocenters. The molecule has 0 amide bonds. The molecule has 2 N–H and O–H groups in total. The van der Waals surface area contributed by atoms with Gasteiger partial charge in [0.05, 0.1) is 0 Å². The van der Waals surface area contributed by atoms with Gasteiger partial charge in [0.15, 0.2) is 14.4 Å². The Morgan fingerprint density at radius 1 is 1.21 bits per heavy atom. The Hall–Kier alpha value is -0.350. The first kappa shape index (κ1) is 13.7. The van der Waals surface area contributed by atoms with Crippen LogP contribution in [-0.2, 0) is 19.9 Å². The Labute approximate surface area is 79.1 Å². The topological polar surface area (TPSA) is 94.3 Å². The molecule has 0 saturated carbocycles. The molecular formula is C4H8F3NO4S2. The van der Waals surface area contributed by atoms with Crippen molar-refractivity contribution in [2.75, 3.05) is 5.75 Å². The van der Waals surface area contributed by atoms with E-state index in [-0.39, 0.29) is 0 Å². The van der Waals surface area contributed by atoms with Crippen LogP contribution in [0.25, 0.3) is 0 Å². The normalized spacial score (nSPS) is 16.6. The van der Waals surface area contributed by atoms with E-state index in [4.69, 9.17) is 0 Å². The third kappa shape index (κ3) is 4.24. The van der Waals surface area contributed by atoms with Crippen molar-refractivity contribution in [3.8, 4) is 0 Å². The number of halogens is 3. The van der Waals surface area contributed by atoms with E-state index in [1.807, 2.05) is 0 Å². The Kier molecular flexibility index (Phi) is 3.57. The molecular weight excluding hydrogens is 247 g/mol. The molecule has 1 unspecified atom stereocenters. The zero-order chi connectivity index (χ0) is 11.8. The lowest BCUT2D eigenvalue weighted by Gasteiger charge is -2.12. The summed E-state index contributed by atoms with van der Waals surface area (Å²) >= 11 is 0. The minimum absolute atomic E-state index is 0.594. The van der Waals surface area contributed by atoms with Crippen LogP contribution in [0.3, 0.4) is 0 Å². The van der Waals surface area contributed by atoms with E-state index in [1.165, 1.54) is 0 Å². The smallest absolute Gasteiger partial charge is 0.228 e. The lowest BCUT2D eigenvalue weighted by molar-refractivity contribution is -0.106. The molecule has 0 aromatic carbocycles. The van der Waals surface area contributed by atoms with Gasteiger partial charge in [-0.3, -0.25) is 0 Å². The molecule has 10 heteroatoms. The lowest BCUT2D eigenvalue weighted by atomic mass is 10.8. The summed E-state index contributed by atoms with van der Waals surface area (Å²) in [6.07, 6.45) is -4.97. The van der Waals surface area contributed by atoms with Crippen molar-refractivity contribution >= 4 is 19.9 Å². The number of sulfone groups is 1. The molecule has 14 heavy (non-hydrogen) atoms. The van der Waals surface area contributed by atoms with Gasteiger partial charge in [-0.2, -0.15) is 13.2 Å². The lowest BCUT2D eigenvalue weighted by Crippen LogP contribution is -2.38. The Bertz CT molecular complexity index is 395. The van der Waals surface area contributed by atoms with Gasteiger partial charge in [0.2, 0.25) is 10.0 Å². The first-order valence-electron chi connectivity index (χ1n) is 3.16. The van der Waals surface area contributed by atoms with E-state index in [0.717, 1.165) is 0 Å². The van der Waals surface area contributed by atoms with Crippen molar-refractivity contribution < 1.29 is 30.0 Å². The SMILES string of the molecule is CC(S(N)(=O)=O)S(=O)(=O)CC(F)(F)F. The van der Waals surface area contributed by atoms with Gasteiger partial charge in [-0.1, -0.05) is 0 Å². The van der Waals surface area contributed by atoms with Crippen molar-refractivity contribution in [3.05, 3.63) is 0 Å². The van der Waals surface area contributed by atoms with Crippen molar-refractivity contribution in [2.45, 2.75) is 17.7 Å². The van der Waals surface area contributed by atoms with Crippen LogP contribution >= 0.6 is 0 Å². The third-order valence-electron chi connectivity index (χ3n) is 1.33. The molecule has 0 heterocycles. The van der Waals surface area contributed by atoms with E-state index in [0.29, 0.717) is 6.92 Å². The van der Waals surface area contributed by atoms with Gasteiger partial charge in [0.1, 0.15) is 5.75 Å². The standard InChI is InChI=1S/C4H8F3NO4S2/c1-3(14(8,11)12)13(9,10)2-4(5,6)7/h3H,2H2,1H3,(H2,8,11,12). The summed E-state index contributed by atoms with van der Waals surface area (Å²) in [5.41, 5.74) is 0. The van der Waals surface area contributed by atoms with Gasteiger partial charge in [-0.15, -0.1) is 0 Å². The van der Waals surface area contributed by atoms with Gasteiger partial charge in [-0.05, 0) is 6.92 Å². The number of hydrogen-bond acceptors (Lipinski definition) is 4. The maximum Gasteiger partial charge on any atom is 0.402 e. The number of primary sulfonamides is 1. The largest absolute Gasteiger partial charge is 0.402 e. The first-order valence-corrected chi connectivity index (χ1v) is 6.49. The maximum absolute atomic E-state index is 11.7. The number of sulfonamides is 1. The fraction of sp³-hybridized carbons (Fsp3) is 1.00. The molecule has 0 aliphatic heterocycles. The molecule has 0 rings (SSSR count). The highest BCUT2D eigenvalue weighted by molar-refractivity contribution is 8.08. The van der Waals surface area contributed by atoms with Crippen LogP contribution in [0, 0.1) is 0 Å². The Morgan fingerprint density at radius 3 is 1.79 bits per heavy atom. The fourth-order valence-corrected chi connectivity index (χ4v) is 3.08. The van der Waals surface area contributed by atoms with Gasteiger partial charge in [0.25, 0.3) is 0 Å². The van der Waals surface area contributed by atoms with E-state index in [2.05, 4.69) is 5.14 Å². The van der Waals surface area contributed by atoms with Crippen molar-refractivity contribution in [1.29, 1.82) is 0 Å². The summed E-state index contributed by atoms with van der Waals surface area (Å²) in [7, 11) is -9.33. The van der Waals surface area contributed by atoms with Gasteiger partial charge in [-0.25, -0.2) is 22.0 Å². The van der Waals surface area contributed by atoms with E-state index in [9.17, 15) is 30.0 Å². The zero-order valence-electron chi connectivity index (χ0n) is 6.95. The maximum atomic E-state index is 11.7. The van der Waals surface area contributed by atoms with E-state index >= 15 is 0 Å². The van der Waals surface area contributed by atoms with Crippen LogP contribution in [0.1, 0.15) is 6.92 Å². The van der Waals surface area contributed by atoms with Crippen LogP contribution < -0.4 is 5.14 Å². The molecule has 0 spiro atoms. The zero-order valence-corrected chi connectivity index (χ0v) is 8.58. The van der Waals surface area contributed by atoms with E-state index < -0.39 is 36.4 Å². The van der Waals surface area contributed by atoms with Crippen molar-refractivity contribution in [2.24, 2.45) is 5.14 Å². The monoisotopic (exact) mass is 255 g/mol. The predicted octanol–water partition coefficient (Wildman–Crippen LogP) is -0.402. The van der Waals surface area contributed by atoms with Crippen LogP contribution in [0.4, 0.5) is 13.2 Å². The molecule has 0 aromatic rings.